The fourth-order valence-corrected chi connectivity index (χ4v) is 6.12. The summed E-state index contributed by atoms with van der Waals surface area (Å²) in [6, 6.07) is 20.5. The minimum atomic E-state index is 0.117. The van der Waals surface area contributed by atoms with Crippen LogP contribution < -0.4 is 9.74 Å². The summed E-state index contributed by atoms with van der Waals surface area (Å²) < 4.78 is 0. The zero-order chi connectivity index (χ0) is 26.6. The molecule has 3 aromatic heterocycles. The van der Waals surface area contributed by atoms with E-state index < -0.39 is 0 Å². The summed E-state index contributed by atoms with van der Waals surface area (Å²) in [7, 11) is 0. The molecule has 1 atom stereocenters. The second-order valence-corrected chi connectivity index (χ2v) is 10.9. The lowest BCUT2D eigenvalue weighted by atomic mass is 10.0. The average molecular weight is 542 g/mol. The van der Waals surface area contributed by atoms with Crippen molar-refractivity contribution in [3.63, 3.8) is 0 Å². The molecule has 0 saturated carbocycles. The van der Waals surface area contributed by atoms with Gasteiger partial charge in [0.25, 0.3) is 0 Å². The van der Waals surface area contributed by atoms with Crippen LogP contribution in [0.1, 0.15) is 30.2 Å². The van der Waals surface area contributed by atoms with Crippen molar-refractivity contribution < 1.29 is 9.63 Å². The summed E-state index contributed by atoms with van der Waals surface area (Å²) in [5.41, 5.74) is 2.85. The van der Waals surface area contributed by atoms with E-state index in [9.17, 15) is 4.79 Å². The number of amides is 1. The number of carbonyl (C=O) groups is 1. The van der Waals surface area contributed by atoms with Crippen molar-refractivity contribution in [1.29, 1.82) is 0 Å². The van der Waals surface area contributed by atoms with E-state index in [0.717, 1.165) is 46.5 Å². The summed E-state index contributed by atoms with van der Waals surface area (Å²) in [5.74, 6) is 1.12. The number of anilines is 1. The minimum absolute atomic E-state index is 0.117. The van der Waals surface area contributed by atoms with Crippen LogP contribution in [-0.2, 0) is 17.6 Å². The topological polar surface area (TPSA) is 89.3 Å². The number of nitrogens with zero attached hydrogens (tertiary/aromatic N) is 7. The average Bonchev–Trinajstić information content (AvgIpc) is 3.60. The van der Waals surface area contributed by atoms with Gasteiger partial charge in [0.1, 0.15) is 34.6 Å². The number of carbonyl (C=O) groups excluding carboxylic acids is 1. The summed E-state index contributed by atoms with van der Waals surface area (Å²) in [6.45, 7) is 4.60. The van der Waals surface area contributed by atoms with Gasteiger partial charge in [0.2, 0.25) is 5.91 Å². The fraction of sp³-hybridized carbons (Fsp3) is 0.345. The molecule has 4 heterocycles. The summed E-state index contributed by atoms with van der Waals surface area (Å²) in [5, 5.41) is 9.26. The lowest BCUT2D eigenvalue weighted by Gasteiger charge is -2.42. The van der Waals surface area contributed by atoms with Gasteiger partial charge in [-0.2, -0.15) is 0 Å². The Hall–Kier alpha value is -4.05. The van der Waals surface area contributed by atoms with Crippen molar-refractivity contribution >= 4 is 44.3 Å². The van der Waals surface area contributed by atoms with Crippen LogP contribution in [0.3, 0.4) is 0 Å². The van der Waals surface area contributed by atoms with Gasteiger partial charge in [-0.15, -0.1) is 16.4 Å². The molecule has 1 amide bonds. The Kier molecular flexibility index (Phi) is 7.36. The lowest BCUT2D eigenvalue weighted by Crippen LogP contribution is -2.56. The maximum atomic E-state index is 13.3. The molecule has 9 nitrogen and oxygen atoms in total. The molecule has 1 fully saturated rings. The SMILES string of the molecule is CCc1cc2c(N3CCN(C(=O)CCCOn4nnc5ccccc54)CC3Cc3ccccc3)ncnc2s1. The molecule has 0 bridgehead atoms. The molecule has 2 aromatic carbocycles. The molecule has 6 rings (SSSR count). The van der Waals surface area contributed by atoms with E-state index in [0.29, 0.717) is 32.5 Å². The smallest absolute Gasteiger partial charge is 0.222 e. The van der Waals surface area contributed by atoms with Gasteiger partial charge >= 0.3 is 0 Å². The van der Waals surface area contributed by atoms with Crippen LogP contribution in [0.15, 0.2) is 67.0 Å². The van der Waals surface area contributed by atoms with Crippen molar-refractivity contribution in [3.05, 3.63) is 77.4 Å². The zero-order valence-electron chi connectivity index (χ0n) is 21.9. The van der Waals surface area contributed by atoms with Crippen LogP contribution in [0.5, 0.6) is 0 Å². The third-order valence-corrected chi connectivity index (χ3v) is 8.39. The molecule has 0 N–H and O–H groups in total. The Morgan fingerprint density at radius 2 is 1.92 bits per heavy atom. The highest BCUT2D eigenvalue weighted by Crippen LogP contribution is 2.33. The molecular weight excluding hydrogens is 510 g/mol. The van der Waals surface area contributed by atoms with E-state index in [1.807, 2.05) is 35.2 Å². The molecule has 0 radical (unpaired) electrons. The lowest BCUT2D eigenvalue weighted by molar-refractivity contribution is -0.132. The third kappa shape index (κ3) is 5.42. The molecule has 0 aliphatic carbocycles. The normalized spacial score (nSPS) is 15.8. The number of benzene rings is 2. The number of thiophene rings is 1. The monoisotopic (exact) mass is 541 g/mol. The number of hydrogen-bond acceptors (Lipinski definition) is 8. The largest absolute Gasteiger partial charge is 0.395 e. The highest BCUT2D eigenvalue weighted by atomic mass is 32.1. The number of fused-ring (bicyclic) bond motifs is 2. The van der Waals surface area contributed by atoms with Crippen LogP contribution in [0.4, 0.5) is 5.82 Å². The molecule has 200 valence electrons. The van der Waals surface area contributed by atoms with Gasteiger partial charge < -0.3 is 14.6 Å². The van der Waals surface area contributed by atoms with Crippen LogP contribution in [0.25, 0.3) is 21.3 Å². The van der Waals surface area contributed by atoms with Gasteiger partial charge in [-0.05, 0) is 48.2 Å². The van der Waals surface area contributed by atoms with Crippen LogP contribution >= 0.6 is 11.3 Å². The molecule has 5 aromatic rings. The Morgan fingerprint density at radius 1 is 1.08 bits per heavy atom. The standard InChI is InChI=1S/C29H31N7O2S/c1-2-23-18-24-28(30-20-31-29(24)39-23)35-15-14-34(19-22(35)17-21-9-4-3-5-10-21)27(37)13-8-16-38-36-26-12-7-6-11-25(26)32-33-36/h3-7,9-12,18,20,22H,2,8,13-17,19H2,1H3. The van der Waals surface area contributed by atoms with Crippen molar-refractivity contribution in [3.8, 4) is 0 Å². The van der Waals surface area contributed by atoms with Crippen molar-refractivity contribution in [1.82, 2.24) is 30.0 Å². The van der Waals surface area contributed by atoms with E-state index in [2.05, 4.69) is 57.5 Å². The number of para-hydroxylation sites is 1. The van der Waals surface area contributed by atoms with Crippen LogP contribution in [0.2, 0.25) is 0 Å². The first-order valence-electron chi connectivity index (χ1n) is 13.4. The number of piperazine rings is 1. The van der Waals surface area contributed by atoms with Gasteiger partial charge in [0.15, 0.2) is 0 Å². The van der Waals surface area contributed by atoms with E-state index in [1.165, 1.54) is 15.3 Å². The predicted octanol–water partition coefficient (Wildman–Crippen LogP) is 4.17. The Labute approximate surface area is 231 Å². The fourth-order valence-electron chi connectivity index (χ4n) is 5.19. The molecule has 1 saturated heterocycles. The molecule has 1 aliphatic heterocycles. The van der Waals surface area contributed by atoms with Gasteiger partial charge in [0, 0.05) is 30.9 Å². The number of rotatable bonds is 9. The predicted molar refractivity (Wildman–Crippen MR) is 153 cm³/mol. The highest BCUT2D eigenvalue weighted by molar-refractivity contribution is 7.18. The first-order chi connectivity index (χ1) is 19.2. The summed E-state index contributed by atoms with van der Waals surface area (Å²) in [6.07, 6.45) is 4.52. The van der Waals surface area contributed by atoms with Crippen molar-refractivity contribution in [2.45, 2.75) is 38.6 Å². The molecule has 39 heavy (non-hydrogen) atoms. The van der Waals surface area contributed by atoms with E-state index in [-0.39, 0.29) is 11.9 Å². The molecule has 0 spiro atoms. The van der Waals surface area contributed by atoms with Gasteiger partial charge in [0.05, 0.1) is 11.4 Å². The van der Waals surface area contributed by atoms with Crippen molar-refractivity contribution in [2.24, 2.45) is 0 Å². The molecular formula is C29H31N7O2S. The van der Waals surface area contributed by atoms with E-state index >= 15 is 0 Å². The second-order valence-electron chi connectivity index (χ2n) is 9.75. The van der Waals surface area contributed by atoms with Crippen LogP contribution in [0, 0.1) is 0 Å². The Balaban J connectivity index is 1.13. The summed E-state index contributed by atoms with van der Waals surface area (Å²) >= 11 is 1.73. The van der Waals surface area contributed by atoms with E-state index in [1.54, 1.807) is 17.7 Å². The molecule has 1 aliphatic rings. The maximum absolute atomic E-state index is 13.3. The van der Waals surface area contributed by atoms with Crippen LogP contribution in [-0.4, -0.2) is 68.2 Å². The maximum Gasteiger partial charge on any atom is 0.222 e. The first kappa shape index (κ1) is 25.2. The van der Waals surface area contributed by atoms with Crippen molar-refractivity contribution in [2.75, 3.05) is 31.1 Å². The summed E-state index contributed by atoms with van der Waals surface area (Å²) in [4.78, 5) is 36.4. The molecule has 1 unspecified atom stereocenters. The first-order valence-corrected chi connectivity index (χ1v) is 14.3. The highest BCUT2D eigenvalue weighted by Gasteiger charge is 2.31. The third-order valence-electron chi connectivity index (χ3n) is 7.20. The Bertz CT molecular complexity index is 1570. The molecule has 10 heteroatoms. The number of aromatic nitrogens is 5. The zero-order valence-corrected chi connectivity index (χ0v) is 22.8. The number of aryl methyl sites for hydroxylation is 1. The minimum Gasteiger partial charge on any atom is -0.395 e. The Morgan fingerprint density at radius 3 is 2.79 bits per heavy atom. The second kappa shape index (κ2) is 11.4. The van der Waals surface area contributed by atoms with Gasteiger partial charge in [-0.1, -0.05) is 54.2 Å². The quantitative estimate of drug-likeness (QED) is 0.259. The van der Waals surface area contributed by atoms with Gasteiger partial charge in [-0.25, -0.2) is 9.97 Å². The van der Waals surface area contributed by atoms with E-state index in [4.69, 9.17) is 9.82 Å². The van der Waals surface area contributed by atoms with Gasteiger partial charge in [-0.3, -0.25) is 4.79 Å². The number of hydrogen-bond donors (Lipinski definition) is 0.